The van der Waals surface area contributed by atoms with Gasteiger partial charge in [-0.3, -0.25) is 4.79 Å². The third kappa shape index (κ3) is 5.23. The molecular formula is C21H30N4O3S. The van der Waals surface area contributed by atoms with Crippen LogP contribution in [-0.4, -0.2) is 50.5 Å². The summed E-state index contributed by atoms with van der Waals surface area (Å²) in [6, 6.07) is 8.09. The lowest BCUT2D eigenvalue weighted by atomic mass is 9.98. The van der Waals surface area contributed by atoms with Crippen LogP contribution in [0, 0.1) is 0 Å². The molecular weight excluding hydrogens is 388 g/mol. The summed E-state index contributed by atoms with van der Waals surface area (Å²) in [5, 5.41) is 9.32. The Kier molecular flexibility index (Phi) is 7.41. The van der Waals surface area contributed by atoms with Crippen LogP contribution in [0.25, 0.3) is 0 Å². The van der Waals surface area contributed by atoms with Crippen molar-refractivity contribution in [3.05, 3.63) is 30.1 Å². The molecule has 2 heterocycles. The Labute approximate surface area is 176 Å². The Morgan fingerprint density at radius 1 is 1.21 bits per heavy atom. The number of rotatable bonds is 8. The summed E-state index contributed by atoms with van der Waals surface area (Å²) in [5.41, 5.74) is 0. The lowest BCUT2D eigenvalue weighted by Gasteiger charge is -2.39. The number of ether oxygens (including phenoxy) is 2. The van der Waals surface area contributed by atoms with E-state index in [2.05, 4.69) is 24.0 Å². The van der Waals surface area contributed by atoms with Crippen LogP contribution in [0.3, 0.4) is 0 Å². The van der Waals surface area contributed by atoms with Crippen molar-refractivity contribution in [1.82, 2.24) is 19.7 Å². The van der Waals surface area contributed by atoms with Crippen molar-refractivity contribution in [2.75, 3.05) is 12.9 Å². The molecule has 0 bridgehead atoms. The Morgan fingerprint density at radius 3 is 2.62 bits per heavy atom. The highest BCUT2D eigenvalue weighted by Crippen LogP contribution is 2.25. The zero-order chi connectivity index (χ0) is 20.8. The highest BCUT2D eigenvalue weighted by atomic mass is 32.2. The fraction of sp³-hybridized carbons (Fsp3) is 0.571. The number of hydrogen-bond acceptors (Lipinski definition) is 6. The van der Waals surface area contributed by atoms with E-state index in [1.807, 2.05) is 40.7 Å². The number of amides is 1. The van der Waals surface area contributed by atoms with Gasteiger partial charge in [0.05, 0.1) is 12.9 Å². The first-order valence-corrected chi connectivity index (χ1v) is 11.1. The van der Waals surface area contributed by atoms with E-state index < -0.39 is 0 Å². The number of carbonyl (C=O) groups is 1. The van der Waals surface area contributed by atoms with Crippen LogP contribution < -0.4 is 9.47 Å². The van der Waals surface area contributed by atoms with E-state index in [4.69, 9.17) is 9.47 Å². The second-order valence-corrected chi connectivity index (χ2v) is 8.27. The highest BCUT2D eigenvalue weighted by Gasteiger charge is 2.29. The van der Waals surface area contributed by atoms with Crippen molar-refractivity contribution in [2.45, 2.75) is 70.4 Å². The number of nitrogens with zero attached hydrogens (tertiary/aromatic N) is 4. The molecule has 0 unspecified atom stereocenters. The zero-order valence-electron chi connectivity index (χ0n) is 17.6. The molecule has 158 valence electrons. The molecule has 0 saturated carbocycles. The van der Waals surface area contributed by atoms with Gasteiger partial charge in [0.15, 0.2) is 11.0 Å². The largest absolute Gasteiger partial charge is 0.497 e. The molecule has 1 aliphatic heterocycles. The molecule has 1 aliphatic rings. The number of likely N-dealkylation sites (tertiary alicyclic amines) is 1. The summed E-state index contributed by atoms with van der Waals surface area (Å²) in [6.07, 6.45) is 3.36. The van der Waals surface area contributed by atoms with Gasteiger partial charge >= 0.3 is 0 Å². The van der Waals surface area contributed by atoms with Gasteiger partial charge in [0.25, 0.3) is 0 Å². The minimum atomic E-state index is 0.175. The molecule has 1 saturated heterocycles. The average Bonchev–Trinajstić information content (AvgIpc) is 3.12. The summed E-state index contributed by atoms with van der Waals surface area (Å²) in [6.45, 7) is 7.35. The topological polar surface area (TPSA) is 69.5 Å². The number of hydrogen-bond donors (Lipinski definition) is 0. The van der Waals surface area contributed by atoms with Crippen molar-refractivity contribution >= 4 is 17.7 Å². The molecule has 2 aromatic rings. The molecule has 0 aliphatic carbocycles. The van der Waals surface area contributed by atoms with E-state index in [1.54, 1.807) is 7.11 Å². The lowest BCUT2D eigenvalue weighted by Crippen LogP contribution is -2.48. The lowest BCUT2D eigenvalue weighted by molar-refractivity contribution is -0.134. The van der Waals surface area contributed by atoms with Gasteiger partial charge in [-0.1, -0.05) is 17.8 Å². The monoisotopic (exact) mass is 418 g/mol. The van der Waals surface area contributed by atoms with Crippen LogP contribution in [0.15, 0.2) is 29.4 Å². The molecule has 3 rings (SSSR count). The Bertz CT molecular complexity index is 816. The van der Waals surface area contributed by atoms with Gasteiger partial charge in [-0.2, -0.15) is 0 Å². The molecule has 0 radical (unpaired) electrons. The Hall–Kier alpha value is -2.22. The van der Waals surface area contributed by atoms with Crippen molar-refractivity contribution in [2.24, 2.45) is 0 Å². The normalized spacial score (nSPS) is 19.2. The van der Waals surface area contributed by atoms with Gasteiger partial charge in [0, 0.05) is 24.7 Å². The maximum atomic E-state index is 12.8. The summed E-state index contributed by atoms with van der Waals surface area (Å²) in [7, 11) is 1.63. The van der Waals surface area contributed by atoms with Gasteiger partial charge in [-0.15, -0.1) is 10.2 Å². The fourth-order valence-corrected chi connectivity index (χ4v) is 4.69. The molecule has 29 heavy (non-hydrogen) atoms. The molecule has 7 nitrogen and oxygen atoms in total. The summed E-state index contributed by atoms with van der Waals surface area (Å²) in [5.74, 6) is 2.76. The molecule has 2 atom stereocenters. The van der Waals surface area contributed by atoms with Crippen LogP contribution in [0.4, 0.5) is 0 Å². The molecule has 1 aromatic carbocycles. The van der Waals surface area contributed by atoms with Gasteiger partial charge < -0.3 is 18.9 Å². The Morgan fingerprint density at radius 2 is 1.93 bits per heavy atom. The Balaban J connectivity index is 1.61. The first-order valence-electron chi connectivity index (χ1n) is 10.2. The maximum absolute atomic E-state index is 12.8. The van der Waals surface area contributed by atoms with Crippen LogP contribution in [0.1, 0.15) is 45.9 Å². The standard InChI is InChI=1S/C21H30N4O3S/c1-5-24-19(13-28-18-11-7-10-17(12-18)27-4)22-23-21(24)29-14-20(26)25-15(2)8-6-9-16(25)3/h7,10-12,15-16H,5-6,8-9,13-14H2,1-4H3/t15-,16+. The molecule has 8 heteroatoms. The number of methoxy groups -OCH3 is 1. The second-order valence-electron chi connectivity index (χ2n) is 7.33. The number of carbonyl (C=O) groups excluding carboxylic acids is 1. The highest BCUT2D eigenvalue weighted by molar-refractivity contribution is 7.99. The number of aromatic nitrogens is 3. The number of benzene rings is 1. The molecule has 0 spiro atoms. The van der Waals surface area contributed by atoms with E-state index in [9.17, 15) is 4.79 Å². The molecule has 1 fully saturated rings. The maximum Gasteiger partial charge on any atom is 0.233 e. The van der Waals surface area contributed by atoms with Crippen molar-refractivity contribution in [3.8, 4) is 11.5 Å². The minimum absolute atomic E-state index is 0.175. The first kappa shape index (κ1) is 21.5. The first-order chi connectivity index (χ1) is 14.0. The van der Waals surface area contributed by atoms with E-state index in [0.717, 1.165) is 36.1 Å². The van der Waals surface area contributed by atoms with Gasteiger partial charge in [-0.25, -0.2) is 0 Å². The third-order valence-electron chi connectivity index (χ3n) is 5.33. The molecule has 1 aromatic heterocycles. The second kappa shape index (κ2) is 10.0. The van der Waals surface area contributed by atoms with Crippen LogP contribution in [0.2, 0.25) is 0 Å². The van der Waals surface area contributed by atoms with Crippen LogP contribution in [0.5, 0.6) is 11.5 Å². The quantitative estimate of drug-likeness (QED) is 0.608. The van der Waals surface area contributed by atoms with Gasteiger partial charge in [0.2, 0.25) is 5.91 Å². The zero-order valence-corrected chi connectivity index (χ0v) is 18.4. The predicted molar refractivity (Wildman–Crippen MR) is 113 cm³/mol. The SMILES string of the molecule is CCn1c(COc2cccc(OC)c2)nnc1SCC(=O)N1[C@H](C)CCC[C@@H]1C. The molecule has 0 N–H and O–H groups in total. The number of piperidine rings is 1. The van der Waals surface area contributed by atoms with Crippen LogP contribution in [-0.2, 0) is 17.9 Å². The number of thioether (sulfide) groups is 1. The fourth-order valence-electron chi connectivity index (χ4n) is 3.80. The summed E-state index contributed by atoms with van der Waals surface area (Å²) >= 11 is 1.45. The smallest absolute Gasteiger partial charge is 0.233 e. The molecule has 1 amide bonds. The summed E-state index contributed by atoms with van der Waals surface area (Å²) in [4.78, 5) is 14.8. The van der Waals surface area contributed by atoms with E-state index in [-0.39, 0.29) is 5.91 Å². The van der Waals surface area contributed by atoms with E-state index >= 15 is 0 Å². The van der Waals surface area contributed by atoms with E-state index in [1.165, 1.54) is 18.2 Å². The van der Waals surface area contributed by atoms with Crippen molar-refractivity contribution in [1.29, 1.82) is 0 Å². The van der Waals surface area contributed by atoms with Gasteiger partial charge in [-0.05, 0) is 52.2 Å². The minimum Gasteiger partial charge on any atom is -0.497 e. The van der Waals surface area contributed by atoms with Crippen molar-refractivity contribution in [3.63, 3.8) is 0 Å². The predicted octanol–water partition coefficient (Wildman–Crippen LogP) is 3.77. The van der Waals surface area contributed by atoms with Gasteiger partial charge in [0.1, 0.15) is 18.1 Å². The van der Waals surface area contributed by atoms with Crippen LogP contribution >= 0.6 is 11.8 Å². The van der Waals surface area contributed by atoms with E-state index in [0.29, 0.717) is 30.2 Å². The average molecular weight is 419 g/mol. The summed E-state index contributed by atoms with van der Waals surface area (Å²) < 4.78 is 13.1. The third-order valence-corrected chi connectivity index (χ3v) is 6.28. The van der Waals surface area contributed by atoms with Crippen molar-refractivity contribution < 1.29 is 14.3 Å².